The molecule has 0 aromatic carbocycles. The number of hydrogen-bond donors (Lipinski definition) is 2. The highest BCUT2D eigenvalue weighted by Crippen LogP contribution is 2.31. The van der Waals surface area contributed by atoms with Crippen LogP contribution in [0.2, 0.25) is 0 Å². The minimum absolute atomic E-state index is 0.216. The van der Waals surface area contributed by atoms with E-state index in [-0.39, 0.29) is 5.91 Å². The normalized spacial score (nSPS) is 24.2. The van der Waals surface area contributed by atoms with E-state index in [1.165, 1.54) is 11.3 Å². The van der Waals surface area contributed by atoms with Gasteiger partial charge < -0.3 is 10.4 Å². The molecule has 5 nitrogen and oxygen atoms in total. The molecule has 2 atom stereocenters. The number of nitrogens with zero attached hydrogens (tertiary/aromatic N) is 1. The molecule has 1 aliphatic carbocycles. The molecule has 2 unspecified atom stereocenters. The third-order valence-corrected chi connectivity index (χ3v) is 3.77. The lowest BCUT2D eigenvalue weighted by Gasteiger charge is -2.26. The van der Waals surface area contributed by atoms with Crippen LogP contribution >= 0.6 is 11.3 Å². The van der Waals surface area contributed by atoms with Gasteiger partial charge >= 0.3 is 5.97 Å². The highest BCUT2D eigenvalue weighted by molar-refractivity contribution is 7.13. The maximum atomic E-state index is 12.0. The van der Waals surface area contributed by atoms with Crippen LogP contribution in [0, 0.1) is 11.8 Å². The van der Waals surface area contributed by atoms with E-state index in [0.29, 0.717) is 18.0 Å². The average molecular weight is 254 g/mol. The molecule has 1 aliphatic rings. The van der Waals surface area contributed by atoms with Crippen LogP contribution in [0.3, 0.4) is 0 Å². The molecule has 1 fully saturated rings. The first-order valence-electron chi connectivity index (χ1n) is 5.61. The summed E-state index contributed by atoms with van der Waals surface area (Å²) in [6.07, 6.45) is 4.65. The van der Waals surface area contributed by atoms with Crippen molar-refractivity contribution >= 4 is 28.3 Å². The first-order valence-corrected chi connectivity index (χ1v) is 6.49. The standard InChI is InChI=1S/C11H14N2O3S/c14-9(13-11-12-5-6-17-11)7-3-1-2-4-8(7)10(15)16/h5-8H,1-4H2,(H,15,16)(H,12,13,14). The van der Waals surface area contributed by atoms with Crippen molar-refractivity contribution in [3.8, 4) is 0 Å². The molecule has 0 radical (unpaired) electrons. The SMILES string of the molecule is O=C(O)C1CCCCC1C(=O)Nc1nccs1. The number of carbonyl (C=O) groups excluding carboxylic acids is 1. The average Bonchev–Trinajstić information content (AvgIpc) is 2.81. The van der Waals surface area contributed by atoms with Gasteiger partial charge in [0.15, 0.2) is 5.13 Å². The monoisotopic (exact) mass is 254 g/mol. The number of anilines is 1. The lowest BCUT2D eigenvalue weighted by atomic mass is 9.79. The molecule has 17 heavy (non-hydrogen) atoms. The molecular weight excluding hydrogens is 240 g/mol. The molecular formula is C11H14N2O3S. The van der Waals surface area contributed by atoms with Crippen LogP contribution in [0.5, 0.6) is 0 Å². The van der Waals surface area contributed by atoms with Crippen molar-refractivity contribution in [2.45, 2.75) is 25.7 Å². The first kappa shape index (κ1) is 12.0. The minimum Gasteiger partial charge on any atom is -0.481 e. The number of carbonyl (C=O) groups is 2. The van der Waals surface area contributed by atoms with Crippen molar-refractivity contribution in [3.63, 3.8) is 0 Å². The number of thiazole rings is 1. The van der Waals surface area contributed by atoms with Crippen LogP contribution in [-0.2, 0) is 9.59 Å². The summed E-state index contributed by atoms with van der Waals surface area (Å²) < 4.78 is 0. The first-order chi connectivity index (χ1) is 8.18. The van der Waals surface area contributed by atoms with Gasteiger partial charge in [0.1, 0.15) is 0 Å². The van der Waals surface area contributed by atoms with E-state index in [4.69, 9.17) is 5.11 Å². The number of hydrogen-bond acceptors (Lipinski definition) is 4. The minimum atomic E-state index is -0.871. The maximum absolute atomic E-state index is 12.0. The van der Waals surface area contributed by atoms with Crippen molar-refractivity contribution in [1.82, 2.24) is 4.98 Å². The lowest BCUT2D eigenvalue weighted by Crippen LogP contribution is -2.36. The van der Waals surface area contributed by atoms with E-state index in [9.17, 15) is 9.59 Å². The summed E-state index contributed by atoms with van der Waals surface area (Å²) in [7, 11) is 0. The van der Waals surface area contributed by atoms with Gasteiger partial charge in [-0.25, -0.2) is 4.98 Å². The molecule has 0 saturated heterocycles. The number of carboxylic acid groups (broad SMARTS) is 1. The van der Waals surface area contributed by atoms with E-state index in [1.807, 2.05) is 0 Å². The van der Waals surface area contributed by atoms with Gasteiger partial charge in [0.05, 0.1) is 11.8 Å². The Kier molecular flexibility index (Phi) is 3.73. The van der Waals surface area contributed by atoms with Gasteiger partial charge in [-0.1, -0.05) is 12.8 Å². The molecule has 0 bridgehead atoms. The summed E-state index contributed by atoms with van der Waals surface area (Å²) in [5.74, 6) is -2.06. The molecule has 0 aliphatic heterocycles. The molecule has 1 saturated carbocycles. The van der Waals surface area contributed by atoms with Gasteiger partial charge in [-0.2, -0.15) is 0 Å². The predicted octanol–water partition coefficient (Wildman–Crippen LogP) is 1.97. The van der Waals surface area contributed by atoms with Gasteiger partial charge in [0, 0.05) is 11.6 Å². The van der Waals surface area contributed by atoms with Gasteiger partial charge in [-0.05, 0) is 12.8 Å². The summed E-state index contributed by atoms with van der Waals surface area (Å²) in [5.41, 5.74) is 0. The second kappa shape index (κ2) is 5.27. The molecule has 1 heterocycles. The Balaban J connectivity index is 2.03. The quantitative estimate of drug-likeness (QED) is 0.864. The van der Waals surface area contributed by atoms with Gasteiger partial charge in [0.25, 0.3) is 0 Å². The van der Waals surface area contributed by atoms with Crippen LogP contribution in [0.15, 0.2) is 11.6 Å². The lowest BCUT2D eigenvalue weighted by molar-refractivity contribution is -0.147. The number of nitrogens with one attached hydrogen (secondary N) is 1. The highest BCUT2D eigenvalue weighted by atomic mass is 32.1. The van der Waals surface area contributed by atoms with Crippen molar-refractivity contribution in [2.24, 2.45) is 11.8 Å². The maximum Gasteiger partial charge on any atom is 0.307 e. The fraction of sp³-hybridized carbons (Fsp3) is 0.545. The molecule has 1 amide bonds. The van der Waals surface area contributed by atoms with E-state index in [0.717, 1.165) is 12.8 Å². The number of carboxylic acids is 1. The Bertz CT molecular complexity index is 405. The largest absolute Gasteiger partial charge is 0.481 e. The van der Waals surface area contributed by atoms with Crippen molar-refractivity contribution in [3.05, 3.63) is 11.6 Å². The van der Waals surface area contributed by atoms with Crippen molar-refractivity contribution in [2.75, 3.05) is 5.32 Å². The zero-order chi connectivity index (χ0) is 12.3. The number of rotatable bonds is 3. The van der Waals surface area contributed by atoms with Crippen LogP contribution in [0.4, 0.5) is 5.13 Å². The Labute approximate surface area is 103 Å². The van der Waals surface area contributed by atoms with E-state index < -0.39 is 17.8 Å². The van der Waals surface area contributed by atoms with Crippen LogP contribution < -0.4 is 5.32 Å². The number of amides is 1. The second-order valence-electron chi connectivity index (χ2n) is 4.16. The van der Waals surface area contributed by atoms with E-state index >= 15 is 0 Å². The summed E-state index contributed by atoms with van der Waals surface area (Å²) in [5, 5.41) is 14.1. The van der Waals surface area contributed by atoms with Crippen LogP contribution in [0.1, 0.15) is 25.7 Å². The van der Waals surface area contributed by atoms with Gasteiger partial charge in [-0.3, -0.25) is 9.59 Å². The van der Waals surface area contributed by atoms with E-state index in [2.05, 4.69) is 10.3 Å². The molecule has 2 N–H and O–H groups in total. The van der Waals surface area contributed by atoms with Crippen molar-refractivity contribution < 1.29 is 14.7 Å². The molecule has 1 aromatic rings. The van der Waals surface area contributed by atoms with Gasteiger partial charge in [0.2, 0.25) is 5.91 Å². The smallest absolute Gasteiger partial charge is 0.307 e. The summed E-state index contributed by atoms with van der Waals surface area (Å²) in [4.78, 5) is 27.0. The zero-order valence-electron chi connectivity index (χ0n) is 9.26. The van der Waals surface area contributed by atoms with E-state index in [1.54, 1.807) is 11.6 Å². The van der Waals surface area contributed by atoms with Crippen LogP contribution in [0.25, 0.3) is 0 Å². The zero-order valence-corrected chi connectivity index (χ0v) is 10.1. The molecule has 0 spiro atoms. The Hall–Kier alpha value is -1.43. The summed E-state index contributed by atoms with van der Waals surface area (Å²) in [6.45, 7) is 0. The third kappa shape index (κ3) is 2.82. The van der Waals surface area contributed by atoms with Gasteiger partial charge in [-0.15, -0.1) is 11.3 Å². The summed E-state index contributed by atoms with van der Waals surface area (Å²) in [6, 6.07) is 0. The Morgan fingerprint density at radius 3 is 2.65 bits per heavy atom. The topological polar surface area (TPSA) is 79.3 Å². The fourth-order valence-corrected chi connectivity index (χ4v) is 2.76. The molecule has 2 rings (SSSR count). The Morgan fingerprint density at radius 2 is 2.06 bits per heavy atom. The predicted molar refractivity (Wildman–Crippen MR) is 63.8 cm³/mol. The Morgan fingerprint density at radius 1 is 1.35 bits per heavy atom. The number of aliphatic carboxylic acids is 1. The van der Waals surface area contributed by atoms with Crippen molar-refractivity contribution in [1.29, 1.82) is 0 Å². The fourth-order valence-electron chi connectivity index (χ4n) is 2.22. The highest BCUT2D eigenvalue weighted by Gasteiger charge is 2.35. The molecule has 6 heteroatoms. The second-order valence-corrected chi connectivity index (χ2v) is 5.06. The van der Waals surface area contributed by atoms with Crippen LogP contribution in [-0.4, -0.2) is 22.0 Å². The molecule has 92 valence electrons. The number of aromatic nitrogens is 1. The third-order valence-electron chi connectivity index (χ3n) is 3.08. The summed E-state index contributed by atoms with van der Waals surface area (Å²) >= 11 is 1.33. The molecule has 1 aromatic heterocycles.